The lowest BCUT2D eigenvalue weighted by Crippen LogP contribution is -2.43. The van der Waals surface area contributed by atoms with Gasteiger partial charge in [-0.15, -0.1) is 0 Å². The van der Waals surface area contributed by atoms with Crippen LogP contribution in [0.1, 0.15) is 34.9 Å². The zero-order valence-corrected chi connectivity index (χ0v) is 15.0. The number of imidazole rings is 1. The van der Waals surface area contributed by atoms with Crippen molar-refractivity contribution in [2.75, 3.05) is 20.2 Å². The number of nitrogens with zero attached hydrogens (tertiary/aromatic N) is 4. The summed E-state index contributed by atoms with van der Waals surface area (Å²) in [7, 11) is 1.69. The fourth-order valence-corrected chi connectivity index (χ4v) is 3.52. The normalized spacial score (nSPS) is 17.8. The van der Waals surface area contributed by atoms with Crippen LogP contribution in [0.2, 0.25) is 0 Å². The van der Waals surface area contributed by atoms with Crippen LogP contribution in [-0.2, 0) is 11.3 Å². The fraction of sp³-hybridized carbons (Fsp3) is 0.421. The third-order valence-corrected chi connectivity index (χ3v) is 4.94. The minimum atomic E-state index is -0.103. The van der Waals surface area contributed by atoms with Crippen molar-refractivity contribution in [1.82, 2.24) is 19.6 Å². The van der Waals surface area contributed by atoms with Gasteiger partial charge in [0.25, 0.3) is 5.91 Å². The number of rotatable bonds is 4. The number of likely N-dealkylation sites (tertiary alicyclic amines) is 1. The molecule has 3 heterocycles. The van der Waals surface area contributed by atoms with Gasteiger partial charge in [-0.3, -0.25) is 4.79 Å². The Kier molecular flexibility index (Phi) is 4.46. The molecule has 0 radical (unpaired) electrons. The summed E-state index contributed by atoms with van der Waals surface area (Å²) in [6.07, 6.45) is 2.02. The number of hydrogen-bond donors (Lipinski definition) is 0. The molecule has 1 aliphatic rings. The number of carbonyl (C=O) groups excluding carboxylic acids is 1. The summed E-state index contributed by atoms with van der Waals surface area (Å²) < 4.78 is 12.9. The first-order chi connectivity index (χ1) is 12.7. The average Bonchev–Trinajstić information content (AvgIpc) is 3.26. The van der Waals surface area contributed by atoms with Crippen molar-refractivity contribution in [3.8, 4) is 0 Å². The Morgan fingerprint density at radius 3 is 3.08 bits per heavy atom. The second kappa shape index (κ2) is 6.92. The van der Waals surface area contributed by atoms with E-state index < -0.39 is 0 Å². The van der Waals surface area contributed by atoms with E-state index in [-0.39, 0.29) is 12.0 Å². The SMILES string of the molecule is COC1CCCN(C(=O)c2cc(Cn3c(C)nc4ccccc43)on2)C1. The molecule has 4 rings (SSSR count). The zero-order chi connectivity index (χ0) is 18.1. The number of carbonyl (C=O) groups is 1. The highest BCUT2D eigenvalue weighted by atomic mass is 16.5. The number of benzene rings is 1. The molecule has 0 bridgehead atoms. The molecule has 3 aromatic rings. The molecular formula is C19H22N4O3. The van der Waals surface area contributed by atoms with Crippen molar-refractivity contribution in [3.05, 3.63) is 47.6 Å². The molecule has 1 aliphatic heterocycles. The summed E-state index contributed by atoms with van der Waals surface area (Å²) in [6, 6.07) is 9.69. The van der Waals surface area contributed by atoms with E-state index in [1.54, 1.807) is 18.1 Å². The fourth-order valence-electron chi connectivity index (χ4n) is 3.52. The van der Waals surface area contributed by atoms with Crippen LogP contribution in [-0.4, -0.2) is 51.8 Å². The number of hydrogen-bond acceptors (Lipinski definition) is 5. The van der Waals surface area contributed by atoms with E-state index in [9.17, 15) is 4.79 Å². The van der Waals surface area contributed by atoms with Gasteiger partial charge in [0.15, 0.2) is 11.5 Å². The number of amides is 1. The molecule has 1 saturated heterocycles. The maximum absolute atomic E-state index is 12.7. The highest BCUT2D eigenvalue weighted by Crippen LogP contribution is 2.19. The number of para-hydroxylation sites is 2. The van der Waals surface area contributed by atoms with E-state index in [0.29, 0.717) is 24.5 Å². The zero-order valence-electron chi connectivity index (χ0n) is 15.0. The monoisotopic (exact) mass is 354 g/mol. The van der Waals surface area contributed by atoms with Gasteiger partial charge in [0, 0.05) is 26.3 Å². The van der Waals surface area contributed by atoms with Crippen LogP contribution in [0.5, 0.6) is 0 Å². The molecule has 7 heteroatoms. The van der Waals surface area contributed by atoms with Crippen molar-refractivity contribution < 1.29 is 14.1 Å². The van der Waals surface area contributed by atoms with Crippen LogP contribution >= 0.6 is 0 Å². The highest BCUT2D eigenvalue weighted by Gasteiger charge is 2.26. The summed E-state index contributed by atoms with van der Waals surface area (Å²) in [5.41, 5.74) is 2.33. The predicted octanol–water partition coefficient (Wildman–Crippen LogP) is 2.63. The third kappa shape index (κ3) is 3.10. The quantitative estimate of drug-likeness (QED) is 0.720. The molecular weight excluding hydrogens is 332 g/mol. The van der Waals surface area contributed by atoms with Crippen LogP contribution in [0.4, 0.5) is 0 Å². The number of fused-ring (bicyclic) bond motifs is 1. The van der Waals surface area contributed by atoms with Crippen molar-refractivity contribution in [2.24, 2.45) is 0 Å². The summed E-state index contributed by atoms with van der Waals surface area (Å²) >= 11 is 0. The molecule has 1 amide bonds. The number of aromatic nitrogens is 3. The molecule has 1 aromatic carbocycles. The number of ether oxygens (including phenoxy) is 1. The van der Waals surface area contributed by atoms with Crippen molar-refractivity contribution in [2.45, 2.75) is 32.4 Å². The van der Waals surface area contributed by atoms with Gasteiger partial charge in [-0.05, 0) is 31.9 Å². The first-order valence-electron chi connectivity index (χ1n) is 8.85. The van der Waals surface area contributed by atoms with Crippen molar-refractivity contribution >= 4 is 16.9 Å². The van der Waals surface area contributed by atoms with Gasteiger partial charge in [0.1, 0.15) is 5.82 Å². The van der Waals surface area contributed by atoms with Crippen LogP contribution in [0.3, 0.4) is 0 Å². The van der Waals surface area contributed by atoms with Gasteiger partial charge in [-0.1, -0.05) is 17.3 Å². The Labute approximate surface area is 151 Å². The molecule has 1 atom stereocenters. The smallest absolute Gasteiger partial charge is 0.276 e. The summed E-state index contributed by atoms with van der Waals surface area (Å²) in [5, 5.41) is 3.99. The molecule has 1 unspecified atom stereocenters. The largest absolute Gasteiger partial charge is 0.380 e. The molecule has 0 spiro atoms. The van der Waals surface area contributed by atoms with E-state index in [1.165, 1.54) is 0 Å². The number of piperidine rings is 1. The molecule has 0 saturated carbocycles. The van der Waals surface area contributed by atoms with Crippen LogP contribution in [0.25, 0.3) is 11.0 Å². The van der Waals surface area contributed by atoms with Gasteiger partial charge in [-0.25, -0.2) is 4.98 Å². The van der Waals surface area contributed by atoms with Crippen LogP contribution in [0, 0.1) is 6.92 Å². The predicted molar refractivity (Wildman–Crippen MR) is 96.0 cm³/mol. The van der Waals surface area contributed by atoms with E-state index in [4.69, 9.17) is 9.26 Å². The Morgan fingerprint density at radius 2 is 2.23 bits per heavy atom. The lowest BCUT2D eigenvalue weighted by molar-refractivity contribution is 0.0263. The first-order valence-corrected chi connectivity index (χ1v) is 8.85. The number of aryl methyl sites for hydroxylation is 1. The van der Waals surface area contributed by atoms with Crippen LogP contribution in [0.15, 0.2) is 34.9 Å². The second-order valence-corrected chi connectivity index (χ2v) is 6.66. The molecule has 2 aromatic heterocycles. The Bertz CT molecular complexity index is 930. The summed E-state index contributed by atoms with van der Waals surface area (Å²) in [5.74, 6) is 1.43. The average molecular weight is 354 g/mol. The molecule has 1 fully saturated rings. The molecule has 7 nitrogen and oxygen atoms in total. The summed E-state index contributed by atoms with van der Waals surface area (Å²) in [4.78, 5) is 19.0. The molecule has 136 valence electrons. The van der Waals surface area contributed by atoms with E-state index in [0.717, 1.165) is 36.2 Å². The van der Waals surface area contributed by atoms with Crippen molar-refractivity contribution in [3.63, 3.8) is 0 Å². The standard InChI is InChI=1S/C19H22N4O3/c1-13-20-16-7-3-4-8-18(16)23(13)12-15-10-17(21-26-15)19(24)22-9-5-6-14(11-22)25-2/h3-4,7-8,10,14H,5-6,9,11-12H2,1-2H3. The minimum absolute atomic E-state index is 0.0963. The van der Waals surface area contributed by atoms with Crippen LogP contribution < -0.4 is 0 Å². The molecule has 0 N–H and O–H groups in total. The van der Waals surface area contributed by atoms with Gasteiger partial charge < -0.3 is 18.7 Å². The number of methoxy groups -OCH3 is 1. The topological polar surface area (TPSA) is 73.4 Å². The Balaban J connectivity index is 1.52. The third-order valence-electron chi connectivity index (χ3n) is 4.94. The maximum atomic E-state index is 12.7. The second-order valence-electron chi connectivity index (χ2n) is 6.66. The van der Waals surface area contributed by atoms with E-state index in [2.05, 4.69) is 14.7 Å². The lowest BCUT2D eigenvalue weighted by Gasteiger charge is -2.31. The van der Waals surface area contributed by atoms with Gasteiger partial charge in [0.05, 0.1) is 23.7 Å². The maximum Gasteiger partial charge on any atom is 0.276 e. The molecule has 26 heavy (non-hydrogen) atoms. The van der Waals surface area contributed by atoms with E-state index in [1.807, 2.05) is 31.2 Å². The summed E-state index contributed by atoms with van der Waals surface area (Å²) in [6.45, 7) is 3.78. The van der Waals surface area contributed by atoms with Gasteiger partial charge >= 0.3 is 0 Å². The van der Waals surface area contributed by atoms with E-state index >= 15 is 0 Å². The molecule has 0 aliphatic carbocycles. The van der Waals surface area contributed by atoms with Gasteiger partial charge in [0.2, 0.25) is 0 Å². The van der Waals surface area contributed by atoms with Gasteiger partial charge in [-0.2, -0.15) is 0 Å². The highest BCUT2D eigenvalue weighted by molar-refractivity contribution is 5.92. The van der Waals surface area contributed by atoms with Crippen molar-refractivity contribution in [1.29, 1.82) is 0 Å². The lowest BCUT2D eigenvalue weighted by atomic mass is 10.1. The first kappa shape index (κ1) is 16.8. The minimum Gasteiger partial charge on any atom is -0.380 e. The Hall–Kier alpha value is -2.67. The Morgan fingerprint density at radius 1 is 1.38 bits per heavy atom.